The molecule has 0 aliphatic carbocycles. The number of ether oxygens (including phenoxy) is 2. The van der Waals surface area contributed by atoms with Crippen LogP contribution in [0.25, 0.3) is 5.69 Å². The summed E-state index contributed by atoms with van der Waals surface area (Å²) in [6.07, 6.45) is 0. The molecule has 1 aromatic heterocycles. The molecular weight excluding hydrogens is 442 g/mol. The van der Waals surface area contributed by atoms with Gasteiger partial charge in [0.1, 0.15) is 0 Å². The SMILES string of the molecule is CCNC(=O)COc1ccc(CNC(=O)c2cc(C)n(-c3ccc(Cl)cc3)c2C)cc1OC. The molecule has 0 aliphatic rings. The number of carbonyl (C=O) groups is 2. The molecule has 0 bridgehead atoms. The van der Waals surface area contributed by atoms with Crippen molar-refractivity contribution in [3.8, 4) is 17.2 Å². The third kappa shape index (κ3) is 5.87. The number of aryl methyl sites for hydroxylation is 1. The molecule has 0 saturated heterocycles. The van der Waals surface area contributed by atoms with Crippen LogP contribution in [0.15, 0.2) is 48.5 Å². The van der Waals surface area contributed by atoms with E-state index < -0.39 is 0 Å². The molecule has 7 nitrogen and oxygen atoms in total. The Hall–Kier alpha value is -3.45. The standard InChI is InChI=1S/C25H28ClN3O4/c1-5-27-24(30)15-33-22-11-6-18(13-23(22)32-4)14-28-25(31)21-12-16(2)29(17(21)3)20-9-7-19(26)8-10-20/h6-13H,5,14-15H2,1-4H3,(H,27,30)(H,28,31). The maximum absolute atomic E-state index is 12.9. The van der Waals surface area contributed by atoms with Crippen molar-refractivity contribution in [1.29, 1.82) is 0 Å². The van der Waals surface area contributed by atoms with E-state index in [1.807, 2.05) is 61.7 Å². The number of methoxy groups -OCH3 is 1. The Labute approximate surface area is 198 Å². The lowest BCUT2D eigenvalue weighted by Gasteiger charge is -2.13. The van der Waals surface area contributed by atoms with Crippen molar-refractivity contribution in [2.45, 2.75) is 27.3 Å². The normalized spacial score (nSPS) is 10.6. The van der Waals surface area contributed by atoms with E-state index in [1.54, 1.807) is 12.1 Å². The largest absolute Gasteiger partial charge is 0.493 e. The molecule has 0 spiro atoms. The molecule has 3 aromatic rings. The van der Waals surface area contributed by atoms with Crippen LogP contribution >= 0.6 is 11.6 Å². The van der Waals surface area contributed by atoms with Crippen molar-refractivity contribution >= 4 is 23.4 Å². The molecule has 3 rings (SSSR count). The first-order chi connectivity index (χ1) is 15.8. The summed E-state index contributed by atoms with van der Waals surface area (Å²) in [5, 5.41) is 6.30. The number of hydrogen-bond acceptors (Lipinski definition) is 4. The summed E-state index contributed by atoms with van der Waals surface area (Å²) in [7, 11) is 1.53. The second-order valence-electron chi connectivity index (χ2n) is 7.51. The lowest BCUT2D eigenvalue weighted by Crippen LogP contribution is -2.28. The number of hydrogen-bond donors (Lipinski definition) is 2. The fourth-order valence-corrected chi connectivity index (χ4v) is 3.72. The van der Waals surface area contributed by atoms with Gasteiger partial charge >= 0.3 is 0 Å². The van der Waals surface area contributed by atoms with Crippen LogP contribution in [-0.2, 0) is 11.3 Å². The maximum atomic E-state index is 12.9. The molecule has 0 radical (unpaired) electrons. The van der Waals surface area contributed by atoms with Crippen molar-refractivity contribution in [3.63, 3.8) is 0 Å². The number of halogens is 1. The fourth-order valence-electron chi connectivity index (χ4n) is 3.59. The summed E-state index contributed by atoms with van der Waals surface area (Å²) in [6, 6.07) is 14.7. The summed E-state index contributed by atoms with van der Waals surface area (Å²) in [4.78, 5) is 24.5. The lowest BCUT2D eigenvalue weighted by molar-refractivity contribution is -0.123. The number of nitrogens with zero attached hydrogens (tertiary/aromatic N) is 1. The van der Waals surface area contributed by atoms with E-state index in [9.17, 15) is 9.59 Å². The number of amides is 2. The van der Waals surface area contributed by atoms with Crippen molar-refractivity contribution in [2.24, 2.45) is 0 Å². The summed E-state index contributed by atoms with van der Waals surface area (Å²) in [5.41, 5.74) is 4.20. The van der Waals surface area contributed by atoms with Gasteiger partial charge in [0.15, 0.2) is 18.1 Å². The minimum absolute atomic E-state index is 0.0937. The van der Waals surface area contributed by atoms with Crippen molar-refractivity contribution in [3.05, 3.63) is 76.1 Å². The van der Waals surface area contributed by atoms with Crippen molar-refractivity contribution in [1.82, 2.24) is 15.2 Å². The number of nitrogens with one attached hydrogen (secondary N) is 2. The highest BCUT2D eigenvalue weighted by Crippen LogP contribution is 2.28. The number of aromatic nitrogens is 1. The van der Waals surface area contributed by atoms with Crippen LogP contribution in [0.3, 0.4) is 0 Å². The van der Waals surface area contributed by atoms with Gasteiger partial charge in [-0.15, -0.1) is 0 Å². The molecule has 8 heteroatoms. The minimum Gasteiger partial charge on any atom is -0.493 e. The van der Waals surface area contributed by atoms with Crippen LogP contribution in [0, 0.1) is 13.8 Å². The van der Waals surface area contributed by atoms with Crippen molar-refractivity contribution in [2.75, 3.05) is 20.3 Å². The Balaban J connectivity index is 1.69. The highest BCUT2D eigenvalue weighted by molar-refractivity contribution is 6.30. The second kappa shape index (κ2) is 10.9. The van der Waals surface area contributed by atoms with Gasteiger partial charge in [-0.05, 0) is 68.8 Å². The number of benzene rings is 2. The average Bonchev–Trinajstić information content (AvgIpc) is 3.11. The number of likely N-dealkylation sites (N-methyl/N-ethyl adjacent to an activating group) is 1. The molecule has 0 unspecified atom stereocenters. The average molecular weight is 470 g/mol. The van der Waals surface area contributed by atoms with E-state index in [-0.39, 0.29) is 18.4 Å². The molecule has 2 amide bonds. The van der Waals surface area contributed by atoms with Gasteiger partial charge in [0.25, 0.3) is 11.8 Å². The highest BCUT2D eigenvalue weighted by Gasteiger charge is 2.17. The van der Waals surface area contributed by atoms with Gasteiger partial charge in [-0.2, -0.15) is 0 Å². The summed E-state index contributed by atoms with van der Waals surface area (Å²) in [5.74, 6) is 0.586. The van der Waals surface area contributed by atoms with E-state index in [2.05, 4.69) is 10.6 Å². The van der Waals surface area contributed by atoms with Crippen LogP contribution < -0.4 is 20.1 Å². The lowest BCUT2D eigenvalue weighted by atomic mass is 10.2. The van der Waals surface area contributed by atoms with Crippen LogP contribution in [-0.4, -0.2) is 36.6 Å². The van der Waals surface area contributed by atoms with Crippen LogP contribution in [0.2, 0.25) is 5.02 Å². The predicted octanol–water partition coefficient (Wildman–Crippen LogP) is 4.20. The molecule has 1 heterocycles. The van der Waals surface area contributed by atoms with Gasteiger partial charge < -0.3 is 24.7 Å². The molecule has 2 aromatic carbocycles. The van der Waals surface area contributed by atoms with Crippen molar-refractivity contribution < 1.29 is 19.1 Å². The molecule has 0 saturated carbocycles. The van der Waals surface area contributed by atoms with Gasteiger partial charge in [-0.1, -0.05) is 17.7 Å². The third-order valence-electron chi connectivity index (χ3n) is 5.17. The smallest absolute Gasteiger partial charge is 0.257 e. The Morgan fingerprint density at radius 2 is 1.73 bits per heavy atom. The van der Waals surface area contributed by atoms with E-state index in [0.717, 1.165) is 22.6 Å². The first-order valence-corrected chi connectivity index (χ1v) is 11.0. The van der Waals surface area contributed by atoms with Gasteiger partial charge in [0, 0.05) is 35.2 Å². The first kappa shape index (κ1) is 24.2. The molecule has 33 heavy (non-hydrogen) atoms. The molecule has 0 fully saturated rings. The quantitative estimate of drug-likeness (QED) is 0.492. The van der Waals surface area contributed by atoms with Gasteiger partial charge in [-0.3, -0.25) is 9.59 Å². The van der Waals surface area contributed by atoms with Crippen LogP contribution in [0.4, 0.5) is 0 Å². The molecule has 174 valence electrons. The molecule has 0 atom stereocenters. The fraction of sp³-hybridized carbons (Fsp3) is 0.280. The van der Waals surface area contributed by atoms with Gasteiger partial charge in [-0.25, -0.2) is 0 Å². The molecule has 0 aliphatic heterocycles. The van der Waals surface area contributed by atoms with E-state index in [4.69, 9.17) is 21.1 Å². The second-order valence-corrected chi connectivity index (χ2v) is 7.94. The van der Waals surface area contributed by atoms with E-state index in [0.29, 0.717) is 35.2 Å². The zero-order chi connectivity index (χ0) is 24.0. The summed E-state index contributed by atoms with van der Waals surface area (Å²) in [6.45, 7) is 6.49. The van der Waals surface area contributed by atoms with E-state index in [1.165, 1.54) is 7.11 Å². The van der Waals surface area contributed by atoms with Gasteiger partial charge in [0.2, 0.25) is 0 Å². The summed E-state index contributed by atoms with van der Waals surface area (Å²) >= 11 is 6.00. The number of carbonyl (C=O) groups excluding carboxylic acids is 2. The van der Waals surface area contributed by atoms with E-state index >= 15 is 0 Å². The zero-order valence-electron chi connectivity index (χ0n) is 19.2. The topological polar surface area (TPSA) is 81.6 Å². The highest BCUT2D eigenvalue weighted by atomic mass is 35.5. The Kier molecular flexibility index (Phi) is 8.01. The maximum Gasteiger partial charge on any atom is 0.257 e. The number of rotatable bonds is 9. The third-order valence-corrected chi connectivity index (χ3v) is 5.43. The Morgan fingerprint density at radius 1 is 1.00 bits per heavy atom. The monoisotopic (exact) mass is 469 g/mol. The zero-order valence-corrected chi connectivity index (χ0v) is 20.0. The Bertz CT molecular complexity index is 1140. The first-order valence-electron chi connectivity index (χ1n) is 10.6. The molecular formula is C25H28ClN3O4. The molecule has 2 N–H and O–H groups in total. The van der Waals surface area contributed by atoms with Crippen LogP contribution in [0.1, 0.15) is 34.2 Å². The Morgan fingerprint density at radius 3 is 2.39 bits per heavy atom. The summed E-state index contributed by atoms with van der Waals surface area (Å²) < 4.78 is 12.9. The van der Waals surface area contributed by atoms with Gasteiger partial charge in [0.05, 0.1) is 12.7 Å². The van der Waals surface area contributed by atoms with Crippen LogP contribution in [0.5, 0.6) is 11.5 Å². The predicted molar refractivity (Wildman–Crippen MR) is 129 cm³/mol. The minimum atomic E-state index is -0.202.